The van der Waals surface area contributed by atoms with Crippen molar-refractivity contribution in [2.24, 2.45) is 5.84 Å². The van der Waals surface area contributed by atoms with Gasteiger partial charge in [-0.15, -0.1) is 0 Å². The summed E-state index contributed by atoms with van der Waals surface area (Å²) in [6, 6.07) is 1.61. The first-order valence-electron chi connectivity index (χ1n) is 6.75. The summed E-state index contributed by atoms with van der Waals surface area (Å²) in [7, 11) is 0. The van der Waals surface area contributed by atoms with Crippen molar-refractivity contribution in [1.82, 2.24) is 20.4 Å². The van der Waals surface area contributed by atoms with Gasteiger partial charge < -0.3 is 9.63 Å². The molecule has 2 heterocycles. The minimum Gasteiger partial charge on any atom is -0.395 e. The molecule has 0 aromatic carbocycles. The maximum Gasteiger partial charge on any atom is 0.287 e. The molecule has 1 aliphatic rings. The van der Waals surface area contributed by atoms with Gasteiger partial charge in [-0.1, -0.05) is 5.16 Å². The Kier molecular flexibility index (Phi) is 5.48. The van der Waals surface area contributed by atoms with Crippen molar-refractivity contribution in [3.05, 3.63) is 17.5 Å². The quantitative estimate of drug-likeness (QED) is 0.353. The number of carbonyl (C=O) groups excluding carboxylic acids is 1. The lowest BCUT2D eigenvalue weighted by atomic mass is 10.3. The zero-order valence-corrected chi connectivity index (χ0v) is 11.4. The molecule has 112 valence electrons. The first kappa shape index (κ1) is 14.9. The van der Waals surface area contributed by atoms with E-state index in [1.807, 2.05) is 5.43 Å². The van der Waals surface area contributed by atoms with E-state index in [1.165, 1.54) is 0 Å². The Morgan fingerprint density at radius 2 is 2.15 bits per heavy atom. The summed E-state index contributed by atoms with van der Waals surface area (Å²) in [4.78, 5) is 15.8. The smallest absolute Gasteiger partial charge is 0.287 e. The van der Waals surface area contributed by atoms with Crippen molar-refractivity contribution in [2.45, 2.75) is 13.0 Å². The molecule has 0 radical (unpaired) electrons. The number of aliphatic hydroxyl groups is 1. The van der Waals surface area contributed by atoms with Gasteiger partial charge in [0.05, 0.1) is 13.2 Å². The van der Waals surface area contributed by atoms with Crippen LogP contribution in [0.15, 0.2) is 10.6 Å². The van der Waals surface area contributed by atoms with Crippen LogP contribution in [0.3, 0.4) is 0 Å². The zero-order valence-electron chi connectivity index (χ0n) is 11.4. The lowest BCUT2D eigenvalue weighted by Gasteiger charge is -2.19. The molecular formula is C12H21N5O3. The third kappa shape index (κ3) is 4.01. The van der Waals surface area contributed by atoms with Crippen LogP contribution in [0.5, 0.6) is 0 Å². The maximum absolute atomic E-state index is 11.3. The number of rotatable bonds is 5. The number of hydrazine groups is 1. The summed E-state index contributed by atoms with van der Waals surface area (Å²) < 4.78 is 5.14. The molecule has 0 atom stereocenters. The molecule has 0 spiro atoms. The maximum atomic E-state index is 11.3. The number of nitrogens with zero attached hydrogens (tertiary/aromatic N) is 3. The van der Waals surface area contributed by atoms with E-state index < -0.39 is 5.91 Å². The second-order valence-corrected chi connectivity index (χ2v) is 4.85. The first-order chi connectivity index (χ1) is 9.72. The number of aliphatic hydroxyl groups excluding tert-OH is 1. The fraction of sp³-hybridized carbons (Fsp3) is 0.667. The van der Waals surface area contributed by atoms with Crippen LogP contribution in [0.1, 0.15) is 22.7 Å². The number of carbonyl (C=O) groups is 1. The average Bonchev–Trinajstić information content (AvgIpc) is 2.80. The van der Waals surface area contributed by atoms with Crippen molar-refractivity contribution >= 4 is 5.91 Å². The SMILES string of the molecule is NNC(=O)c1cc(CN2CCCN(CCO)CC2)on1. The molecule has 1 aromatic rings. The molecule has 0 aliphatic carbocycles. The molecule has 0 bridgehead atoms. The van der Waals surface area contributed by atoms with Gasteiger partial charge in [0.15, 0.2) is 11.5 Å². The largest absolute Gasteiger partial charge is 0.395 e. The molecule has 1 aliphatic heterocycles. The van der Waals surface area contributed by atoms with Gasteiger partial charge in [0, 0.05) is 25.7 Å². The highest BCUT2D eigenvalue weighted by atomic mass is 16.5. The van der Waals surface area contributed by atoms with Crippen LogP contribution in [-0.2, 0) is 6.54 Å². The number of nitrogens with one attached hydrogen (secondary N) is 1. The molecular weight excluding hydrogens is 262 g/mol. The second kappa shape index (κ2) is 7.34. The van der Waals surface area contributed by atoms with Crippen LogP contribution in [0, 0.1) is 0 Å². The van der Waals surface area contributed by atoms with Crippen LogP contribution >= 0.6 is 0 Å². The number of aromatic nitrogens is 1. The van der Waals surface area contributed by atoms with Crippen LogP contribution < -0.4 is 11.3 Å². The molecule has 1 fully saturated rings. The normalized spacial score (nSPS) is 17.9. The predicted molar refractivity (Wildman–Crippen MR) is 71.6 cm³/mol. The van der Waals surface area contributed by atoms with Crippen molar-refractivity contribution in [3.8, 4) is 0 Å². The Hall–Kier alpha value is -1.48. The van der Waals surface area contributed by atoms with Gasteiger partial charge >= 0.3 is 0 Å². The van der Waals surface area contributed by atoms with E-state index in [9.17, 15) is 4.79 Å². The summed E-state index contributed by atoms with van der Waals surface area (Å²) >= 11 is 0. The van der Waals surface area contributed by atoms with Crippen LogP contribution in [0.4, 0.5) is 0 Å². The van der Waals surface area contributed by atoms with E-state index in [-0.39, 0.29) is 12.3 Å². The van der Waals surface area contributed by atoms with Gasteiger partial charge in [-0.25, -0.2) is 5.84 Å². The van der Waals surface area contributed by atoms with Crippen molar-refractivity contribution in [1.29, 1.82) is 0 Å². The fourth-order valence-corrected chi connectivity index (χ4v) is 2.34. The lowest BCUT2D eigenvalue weighted by Crippen LogP contribution is -2.32. The molecule has 0 saturated carbocycles. The van der Waals surface area contributed by atoms with Gasteiger partial charge in [-0.05, 0) is 19.5 Å². The topological polar surface area (TPSA) is 108 Å². The van der Waals surface area contributed by atoms with Crippen LogP contribution in [0.2, 0.25) is 0 Å². The van der Waals surface area contributed by atoms with Gasteiger partial charge in [0.2, 0.25) is 0 Å². The Morgan fingerprint density at radius 1 is 1.40 bits per heavy atom. The van der Waals surface area contributed by atoms with E-state index in [0.29, 0.717) is 12.3 Å². The monoisotopic (exact) mass is 283 g/mol. The highest BCUT2D eigenvalue weighted by Gasteiger charge is 2.17. The van der Waals surface area contributed by atoms with Gasteiger partial charge in [-0.2, -0.15) is 0 Å². The Morgan fingerprint density at radius 3 is 2.90 bits per heavy atom. The number of hydrogen-bond donors (Lipinski definition) is 3. The number of β-amino-alcohol motifs (C(OH)–C–C–N with tert-alkyl or cyclic N) is 1. The van der Waals surface area contributed by atoms with Gasteiger partial charge in [0.25, 0.3) is 5.91 Å². The Balaban J connectivity index is 1.87. The highest BCUT2D eigenvalue weighted by molar-refractivity contribution is 5.91. The molecule has 1 amide bonds. The molecule has 1 saturated heterocycles. The van der Waals surface area contributed by atoms with E-state index in [2.05, 4.69) is 15.0 Å². The van der Waals surface area contributed by atoms with E-state index in [1.54, 1.807) is 6.07 Å². The summed E-state index contributed by atoms with van der Waals surface area (Å²) in [6.45, 7) is 5.31. The van der Waals surface area contributed by atoms with Crippen LogP contribution in [0.25, 0.3) is 0 Å². The summed E-state index contributed by atoms with van der Waals surface area (Å²) in [5, 5.41) is 12.6. The van der Waals surface area contributed by atoms with E-state index in [4.69, 9.17) is 15.5 Å². The van der Waals surface area contributed by atoms with E-state index >= 15 is 0 Å². The number of amides is 1. The fourth-order valence-electron chi connectivity index (χ4n) is 2.34. The Bertz CT molecular complexity index is 436. The lowest BCUT2D eigenvalue weighted by molar-refractivity contribution is 0.0944. The zero-order chi connectivity index (χ0) is 14.4. The number of nitrogen functional groups attached to an aromatic ring is 1. The van der Waals surface area contributed by atoms with Crippen molar-refractivity contribution in [2.75, 3.05) is 39.3 Å². The number of nitrogens with two attached hydrogens (primary N) is 1. The predicted octanol–water partition coefficient (Wildman–Crippen LogP) is -1.22. The molecule has 0 unspecified atom stereocenters. The van der Waals surface area contributed by atoms with Gasteiger partial charge in [0.1, 0.15) is 0 Å². The minimum absolute atomic E-state index is 0.194. The molecule has 20 heavy (non-hydrogen) atoms. The van der Waals surface area contributed by atoms with E-state index in [0.717, 1.165) is 39.1 Å². The summed E-state index contributed by atoms with van der Waals surface area (Å²) in [5.74, 6) is 5.24. The first-order valence-corrected chi connectivity index (χ1v) is 6.75. The van der Waals surface area contributed by atoms with Crippen molar-refractivity contribution in [3.63, 3.8) is 0 Å². The third-order valence-electron chi connectivity index (χ3n) is 3.40. The minimum atomic E-state index is -0.454. The average molecular weight is 283 g/mol. The Labute approximate surface area is 117 Å². The standard InChI is InChI=1S/C12H21N5O3/c13-14-12(19)11-8-10(20-15-11)9-17-3-1-2-16(4-5-17)6-7-18/h8,18H,1-7,9,13H2,(H,14,19). The van der Waals surface area contributed by atoms with Gasteiger partial charge in [-0.3, -0.25) is 20.0 Å². The second-order valence-electron chi connectivity index (χ2n) is 4.85. The van der Waals surface area contributed by atoms with Crippen molar-refractivity contribution < 1.29 is 14.4 Å². The third-order valence-corrected chi connectivity index (χ3v) is 3.40. The highest BCUT2D eigenvalue weighted by Crippen LogP contribution is 2.10. The van der Waals surface area contributed by atoms with Crippen LogP contribution in [-0.4, -0.2) is 65.3 Å². The molecule has 1 aromatic heterocycles. The molecule has 8 heteroatoms. The summed E-state index contributed by atoms with van der Waals surface area (Å²) in [6.07, 6.45) is 1.05. The molecule has 2 rings (SSSR count). The molecule has 4 N–H and O–H groups in total. The number of hydrogen-bond acceptors (Lipinski definition) is 7. The summed E-state index contributed by atoms with van der Waals surface area (Å²) in [5.41, 5.74) is 2.22. The molecule has 8 nitrogen and oxygen atoms in total.